The molecule has 2 atom stereocenters. The number of aromatic nitrogens is 2. The van der Waals surface area contributed by atoms with E-state index >= 15 is 0 Å². The first-order valence-electron chi connectivity index (χ1n) is 11.0. The molecule has 2 aliphatic heterocycles. The quantitative estimate of drug-likeness (QED) is 0.575. The first kappa shape index (κ1) is 22.5. The Hall–Kier alpha value is -3.24. The van der Waals surface area contributed by atoms with Gasteiger partial charge in [-0.3, -0.25) is 4.79 Å². The highest BCUT2D eigenvalue weighted by molar-refractivity contribution is 5.99. The van der Waals surface area contributed by atoms with Crippen LogP contribution in [0.3, 0.4) is 0 Å². The van der Waals surface area contributed by atoms with E-state index in [2.05, 4.69) is 10.2 Å². The number of aliphatic hydroxyl groups is 1. The summed E-state index contributed by atoms with van der Waals surface area (Å²) in [6, 6.07) is 9.97. The molecule has 1 aromatic heterocycles. The molecule has 3 heterocycles. The van der Waals surface area contributed by atoms with Gasteiger partial charge in [-0.05, 0) is 54.2 Å². The van der Waals surface area contributed by atoms with E-state index in [1.54, 1.807) is 23.1 Å². The molecule has 5 rings (SSSR count). The van der Waals surface area contributed by atoms with Crippen molar-refractivity contribution in [2.45, 2.75) is 38.0 Å². The number of carbonyl (C=O) groups excluding carboxylic acids is 1. The summed E-state index contributed by atoms with van der Waals surface area (Å²) in [7, 11) is 0. The van der Waals surface area contributed by atoms with Gasteiger partial charge in [-0.2, -0.15) is 8.78 Å². The van der Waals surface area contributed by atoms with Crippen molar-refractivity contribution < 1.29 is 32.2 Å². The lowest BCUT2D eigenvalue weighted by molar-refractivity contribution is -0.0213. The second kappa shape index (κ2) is 9.19. The van der Waals surface area contributed by atoms with Crippen molar-refractivity contribution in [3.05, 3.63) is 70.9 Å². The third-order valence-electron chi connectivity index (χ3n) is 6.46. The number of hydrogen-bond acceptors (Lipinski definition) is 6. The molecule has 0 unspecified atom stereocenters. The first-order chi connectivity index (χ1) is 16.4. The van der Waals surface area contributed by atoms with Crippen LogP contribution in [0.1, 0.15) is 52.7 Å². The number of hydrogen-bond donors (Lipinski definition) is 1. The molecule has 1 fully saturated rings. The minimum absolute atomic E-state index is 0.0175. The van der Waals surface area contributed by atoms with Crippen LogP contribution in [0.2, 0.25) is 0 Å². The van der Waals surface area contributed by atoms with Gasteiger partial charge in [-0.15, -0.1) is 10.2 Å². The predicted octanol–water partition coefficient (Wildman–Crippen LogP) is 4.30. The van der Waals surface area contributed by atoms with Crippen molar-refractivity contribution in [2.24, 2.45) is 5.92 Å². The van der Waals surface area contributed by atoms with Gasteiger partial charge in [0.05, 0.1) is 12.1 Å². The summed E-state index contributed by atoms with van der Waals surface area (Å²) in [5, 5.41) is 18.3. The molecule has 34 heavy (non-hydrogen) atoms. The number of ether oxygens (including phenoxy) is 1. The van der Waals surface area contributed by atoms with Gasteiger partial charge in [0.2, 0.25) is 5.89 Å². The minimum atomic E-state index is -2.89. The fourth-order valence-electron chi connectivity index (χ4n) is 4.73. The Labute approximate surface area is 193 Å². The molecule has 178 valence electrons. The Morgan fingerprint density at radius 1 is 1.06 bits per heavy atom. The van der Waals surface area contributed by atoms with E-state index in [4.69, 9.17) is 9.15 Å². The summed E-state index contributed by atoms with van der Waals surface area (Å²) in [6.07, 6.45) is -2.56. The van der Waals surface area contributed by atoms with Crippen LogP contribution in [0, 0.1) is 11.7 Å². The maximum Gasteiger partial charge on any atom is 0.314 e. The lowest BCUT2D eigenvalue weighted by Crippen LogP contribution is -2.46. The molecule has 1 amide bonds. The summed E-state index contributed by atoms with van der Waals surface area (Å²) in [5.74, 6) is -1.60. The number of amides is 1. The lowest BCUT2D eigenvalue weighted by atomic mass is 9.84. The summed E-state index contributed by atoms with van der Waals surface area (Å²) < 4.78 is 49.6. The van der Waals surface area contributed by atoms with Gasteiger partial charge in [0.25, 0.3) is 11.8 Å². The average Bonchev–Trinajstić information content (AvgIpc) is 3.46. The van der Waals surface area contributed by atoms with Gasteiger partial charge in [-0.1, -0.05) is 18.2 Å². The van der Waals surface area contributed by atoms with Crippen LogP contribution >= 0.6 is 0 Å². The Morgan fingerprint density at radius 3 is 2.47 bits per heavy atom. The topological polar surface area (TPSA) is 88.7 Å². The smallest absolute Gasteiger partial charge is 0.314 e. The van der Waals surface area contributed by atoms with Crippen molar-refractivity contribution in [1.29, 1.82) is 0 Å². The van der Waals surface area contributed by atoms with Crippen LogP contribution in [0.15, 0.2) is 46.9 Å². The zero-order valence-electron chi connectivity index (χ0n) is 18.0. The highest BCUT2D eigenvalue weighted by Crippen LogP contribution is 2.38. The second-order valence-corrected chi connectivity index (χ2v) is 8.49. The fourth-order valence-corrected chi connectivity index (χ4v) is 4.73. The number of alkyl halides is 2. The number of aliphatic hydroxyl groups excluding tert-OH is 1. The Bertz CT molecular complexity index is 1180. The second-order valence-electron chi connectivity index (χ2n) is 8.49. The van der Waals surface area contributed by atoms with Crippen molar-refractivity contribution >= 4 is 5.91 Å². The Morgan fingerprint density at radius 2 is 1.79 bits per heavy atom. The predicted molar refractivity (Wildman–Crippen MR) is 113 cm³/mol. The monoisotopic (exact) mass is 473 g/mol. The maximum atomic E-state index is 13.5. The van der Waals surface area contributed by atoms with Crippen LogP contribution in [0.25, 0.3) is 11.5 Å². The lowest BCUT2D eigenvalue weighted by Gasteiger charge is -2.39. The van der Waals surface area contributed by atoms with Crippen LogP contribution in [0.5, 0.6) is 0 Å². The largest absolute Gasteiger partial charge is 0.415 e. The fraction of sp³-hybridized carbons (Fsp3) is 0.375. The molecule has 0 spiro atoms. The Kier molecular flexibility index (Phi) is 6.09. The number of nitrogens with zero attached hydrogens (tertiary/aromatic N) is 3. The van der Waals surface area contributed by atoms with E-state index in [1.165, 1.54) is 24.3 Å². The molecular formula is C24H22F3N3O4. The molecular weight excluding hydrogens is 451 g/mol. The molecule has 1 saturated heterocycles. The number of carbonyl (C=O) groups is 1. The van der Waals surface area contributed by atoms with E-state index in [0.29, 0.717) is 42.7 Å². The zero-order chi connectivity index (χ0) is 23.8. The van der Waals surface area contributed by atoms with Gasteiger partial charge < -0.3 is 19.2 Å². The van der Waals surface area contributed by atoms with Crippen molar-refractivity contribution in [3.63, 3.8) is 0 Å². The molecule has 10 heteroatoms. The molecule has 7 nitrogen and oxygen atoms in total. The number of fused-ring (bicyclic) bond motifs is 1. The highest BCUT2D eigenvalue weighted by atomic mass is 19.3. The van der Waals surface area contributed by atoms with Gasteiger partial charge in [0.15, 0.2) is 0 Å². The third kappa shape index (κ3) is 4.19. The van der Waals surface area contributed by atoms with E-state index in [1.807, 2.05) is 0 Å². The van der Waals surface area contributed by atoms with Gasteiger partial charge in [0.1, 0.15) is 5.82 Å². The SMILES string of the molecule is O=C1c2cc(-c3nnc(C(F)F)o3)ccc2CN1[C@H](C1CCOCC1)[C@@H](O)c1ccc(F)cc1. The van der Waals surface area contributed by atoms with Gasteiger partial charge >= 0.3 is 6.43 Å². The van der Waals surface area contributed by atoms with E-state index in [9.17, 15) is 23.1 Å². The van der Waals surface area contributed by atoms with E-state index < -0.39 is 30.3 Å². The Balaban J connectivity index is 1.46. The normalized spacial score (nSPS) is 18.4. The molecule has 2 aliphatic rings. The summed E-state index contributed by atoms with van der Waals surface area (Å²) in [5.41, 5.74) is 2.01. The zero-order valence-corrected chi connectivity index (χ0v) is 18.0. The van der Waals surface area contributed by atoms with E-state index in [-0.39, 0.29) is 24.3 Å². The first-order valence-corrected chi connectivity index (χ1v) is 11.0. The summed E-state index contributed by atoms with van der Waals surface area (Å²) in [6.45, 7) is 1.33. The number of rotatable bonds is 6. The van der Waals surface area contributed by atoms with Crippen molar-refractivity contribution in [1.82, 2.24) is 15.1 Å². The standard InChI is InChI=1S/C24H22F3N3O4/c25-17-5-3-14(4-6-17)20(31)19(13-7-9-33-10-8-13)30-12-16-2-1-15(11-18(16)24(30)32)22-28-29-23(34-22)21(26)27/h1-6,11,13,19-21,31H,7-10,12H2/t19-,20+/m1/s1. The molecule has 3 aromatic rings. The third-order valence-corrected chi connectivity index (χ3v) is 6.46. The average molecular weight is 473 g/mol. The van der Waals surface area contributed by atoms with E-state index in [0.717, 1.165) is 5.56 Å². The van der Waals surface area contributed by atoms with Crippen LogP contribution in [-0.4, -0.2) is 45.4 Å². The van der Waals surface area contributed by atoms with Crippen LogP contribution in [-0.2, 0) is 11.3 Å². The summed E-state index contributed by atoms with van der Waals surface area (Å²) >= 11 is 0. The van der Waals surface area contributed by atoms with Crippen molar-refractivity contribution in [2.75, 3.05) is 13.2 Å². The van der Waals surface area contributed by atoms with Gasteiger partial charge in [-0.25, -0.2) is 4.39 Å². The molecule has 1 N–H and O–H groups in total. The molecule has 0 radical (unpaired) electrons. The molecule has 0 bridgehead atoms. The van der Waals surface area contributed by atoms with Crippen molar-refractivity contribution in [3.8, 4) is 11.5 Å². The minimum Gasteiger partial charge on any atom is -0.415 e. The summed E-state index contributed by atoms with van der Waals surface area (Å²) in [4.78, 5) is 15.1. The number of benzene rings is 2. The van der Waals surface area contributed by atoms with Gasteiger partial charge in [0, 0.05) is 30.9 Å². The number of halogens is 3. The van der Waals surface area contributed by atoms with Crippen LogP contribution < -0.4 is 0 Å². The molecule has 2 aromatic carbocycles. The molecule has 0 saturated carbocycles. The highest BCUT2D eigenvalue weighted by Gasteiger charge is 2.41. The van der Waals surface area contributed by atoms with Crippen LogP contribution in [0.4, 0.5) is 13.2 Å². The molecule has 0 aliphatic carbocycles. The maximum absolute atomic E-state index is 13.5.